The maximum atomic E-state index is 3.18. The van der Waals surface area contributed by atoms with Gasteiger partial charge in [0.2, 0.25) is 0 Å². The van der Waals surface area contributed by atoms with Crippen molar-refractivity contribution in [1.82, 2.24) is 0 Å². The number of rotatable bonds is 1. The molecule has 0 aromatic rings. The Hall–Kier alpha value is -1.00. The van der Waals surface area contributed by atoms with E-state index in [1.54, 1.807) is 0 Å². The summed E-state index contributed by atoms with van der Waals surface area (Å²) >= 11 is 0. The van der Waals surface area contributed by atoms with Crippen molar-refractivity contribution >= 4 is 0 Å². The van der Waals surface area contributed by atoms with Crippen LogP contribution in [0.1, 0.15) is 34.1 Å². The van der Waals surface area contributed by atoms with E-state index in [2.05, 4.69) is 43.9 Å². The van der Waals surface area contributed by atoms with E-state index in [-0.39, 0.29) is 0 Å². The highest BCUT2D eigenvalue weighted by atomic mass is 13.9. The van der Waals surface area contributed by atoms with Crippen molar-refractivity contribution in [1.29, 1.82) is 0 Å². The van der Waals surface area contributed by atoms with E-state index in [0.29, 0.717) is 0 Å². The van der Waals surface area contributed by atoms with Crippen molar-refractivity contribution in [2.24, 2.45) is 0 Å². The molecular weight excluding hydrogens is 144 g/mol. The molecule has 0 atom stereocenters. The minimum atomic E-state index is 1.09. The third-order valence-electron chi connectivity index (χ3n) is 1.55. The molecule has 0 heteroatoms. The van der Waals surface area contributed by atoms with Gasteiger partial charge in [-0.2, -0.15) is 0 Å². The summed E-state index contributed by atoms with van der Waals surface area (Å²) < 4.78 is 0. The fourth-order valence-corrected chi connectivity index (χ4v) is 0.839. The molecule has 0 bridgehead atoms. The highest BCUT2D eigenvalue weighted by Crippen LogP contribution is 2.06. The molecule has 0 unspecified atom stereocenters. The van der Waals surface area contributed by atoms with E-state index in [1.807, 2.05) is 13.8 Å². The quantitative estimate of drug-likeness (QED) is 0.511. The molecule has 0 radical (unpaired) electrons. The molecule has 0 heterocycles. The number of hydrogen-bond acceptors (Lipinski definition) is 0. The summed E-state index contributed by atoms with van der Waals surface area (Å²) in [7, 11) is 0. The van der Waals surface area contributed by atoms with Crippen LogP contribution in [0.2, 0.25) is 0 Å². The Kier molecular flexibility index (Phi) is 6.14. The van der Waals surface area contributed by atoms with E-state index in [9.17, 15) is 0 Å². The zero-order chi connectivity index (χ0) is 9.40. The van der Waals surface area contributed by atoms with Crippen LogP contribution in [0.4, 0.5) is 0 Å². The van der Waals surface area contributed by atoms with Crippen molar-refractivity contribution < 1.29 is 0 Å². The first-order valence-electron chi connectivity index (χ1n) is 4.63. The second kappa shape index (κ2) is 6.69. The molecule has 1 aliphatic rings. The maximum absolute atomic E-state index is 3.18. The average molecular weight is 162 g/mol. The molecule has 0 saturated heterocycles. The third kappa shape index (κ3) is 4.00. The van der Waals surface area contributed by atoms with Gasteiger partial charge in [-0.3, -0.25) is 0 Å². The van der Waals surface area contributed by atoms with E-state index >= 15 is 0 Å². The van der Waals surface area contributed by atoms with Gasteiger partial charge in [0, 0.05) is 0 Å². The van der Waals surface area contributed by atoms with Crippen molar-refractivity contribution in [3.05, 3.63) is 41.2 Å². The minimum absolute atomic E-state index is 1.09. The summed E-state index contributed by atoms with van der Waals surface area (Å²) in [5, 5.41) is 0. The van der Waals surface area contributed by atoms with Gasteiger partial charge >= 0.3 is 0 Å². The summed E-state index contributed by atoms with van der Waals surface area (Å²) in [5.41, 5.74) is 5.72. The summed E-state index contributed by atoms with van der Waals surface area (Å²) in [6.07, 6.45) is 9.41. The molecule has 0 N–H and O–H groups in total. The smallest absolute Gasteiger partial charge is 0.00913 e. The maximum Gasteiger partial charge on any atom is -0.00913 e. The van der Waals surface area contributed by atoms with Crippen LogP contribution in [0, 0.1) is 0 Å². The lowest BCUT2D eigenvalue weighted by molar-refractivity contribution is 1.15. The standard InChI is InChI=1S/C10H12.C2H6/c1-3-10-6-4-5-9(2)7-8-10;1-2/h4-6,8H,3H2,1-2H3;1-2H3. The molecule has 12 heavy (non-hydrogen) atoms. The molecule has 0 aromatic heterocycles. The Morgan fingerprint density at radius 1 is 1.33 bits per heavy atom. The lowest BCUT2D eigenvalue weighted by atomic mass is 10.2. The van der Waals surface area contributed by atoms with Crippen LogP contribution in [-0.2, 0) is 0 Å². The number of allylic oxidation sites excluding steroid dienone is 5. The van der Waals surface area contributed by atoms with Crippen LogP contribution in [-0.4, -0.2) is 0 Å². The average Bonchev–Trinajstić information content (AvgIpc) is 2.33. The molecule has 0 saturated carbocycles. The van der Waals surface area contributed by atoms with Gasteiger partial charge in [0.05, 0.1) is 0 Å². The molecule has 66 valence electrons. The summed E-state index contributed by atoms with van der Waals surface area (Å²) in [5.74, 6) is 0. The molecule has 0 spiro atoms. The van der Waals surface area contributed by atoms with Crippen LogP contribution in [0.5, 0.6) is 0 Å². The predicted molar refractivity (Wildman–Crippen MR) is 56.1 cm³/mol. The van der Waals surface area contributed by atoms with Gasteiger partial charge in [0.15, 0.2) is 0 Å². The van der Waals surface area contributed by atoms with Gasteiger partial charge in [0.1, 0.15) is 0 Å². The normalized spacial score (nSPS) is 14.0. The number of hydrogen-bond donors (Lipinski definition) is 0. The van der Waals surface area contributed by atoms with Crippen LogP contribution >= 0.6 is 0 Å². The molecule has 0 nitrogen and oxygen atoms in total. The monoisotopic (exact) mass is 162 g/mol. The second-order valence-corrected chi connectivity index (χ2v) is 2.43. The fourth-order valence-electron chi connectivity index (χ4n) is 0.839. The van der Waals surface area contributed by atoms with Gasteiger partial charge < -0.3 is 0 Å². The zero-order valence-corrected chi connectivity index (χ0v) is 8.52. The lowest BCUT2D eigenvalue weighted by Crippen LogP contribution is -1.68. The van der Waals surface area contributed by atoms with Gasteiger partial charge in [-0.05, 0) is 30.6 Å². The van der Waals surface area contributed by atoms with Crippen LogP contribution in [0.15, 0.2) is 41.2 Å². The Labute approximate surface area is 76.0 Å². The first-order chi connectivity index (χ1) is 5.83. The molecule has 0 amide bonds. The first kappa shape index (κ1) is 11.0. The first-order valence-corrected chi connectivity index (χ1v) is 4.63. The fraction of sp³-hybridized carbons (Fsp3) is 0.417. The zero-order valence-electron chi connectivity index (χ0n) is 8.52. The molecule has 0 fully saturated rings. The van der Waals surface area contributed by atoms with E-state index in [1.165, 1.54) is 11.1 Å². The Bertz CT molecular complexity index is 233. The summed E-state index contributed by atoms with van der Waals surface area (Å²) in [4.78, 5) is 0. The summed E-state index contributed by atoms with van der Waals surface area (Å²) in [6, 6.07) is 0. The van der Waals surface area contributed by atoms with Crippen LogP contribution in [0.25, 0.3) is 0 Å². The Morgan fingerprint density at radius 3 is 2.58 bits per heavy atom. The lowest BCUT2D eigenvalue weighted by Gasteiger charge is -1.88. The minimum Gasteiger partial charge on any atom is -0.117 e. The van der Waals surface area contributed by atoms with Gasteiger partial charge in [-0.25, -0.2) is 0 Å². The van der Waals surface area contributed by atoms with Crippen molar-refractivity contribution in [2.45, 2.75) is 34.1 Å². The SMILES string of the molecule is CC.CCC1=CC=CC(C)=C=C1. The molecule has 1 aliphatic carbocycles. The van der Waals surface area contributed by atoms with Crippen molar-refractivity contribution in [2.75, 3.05) is 0 Å². The van der Waals surface area contributed by atoms with Gasteiger partial charge in [0.25, 0.3) is 0 Å². The van der Waals surface area contributed by atoms with Crippen molar-refractivity contribution in [3.8, 4) is 0 Å². The van der Waals surface area contributed by atoms with E-state index < -0.39 is 0 Å². The third-order valence-corrected chi connectivity index (χ3v) is 1.55. The van der Waals surface area contributed by atoms with E-state index in [0.717, 1.165) is 6.42 Å². The van der Waals surface area contributed by atoms with E-state index in [4.69, 9.17) is 0 Å². The Balaban J connectivity index is 0.000000561. The topological polar surface area (TPSA) is 0 Å². The van der Waals surface area contributed by atoms with Crippen LogP contribution < -0.4 is 0 Å². The van der Waals surface area contributed by atoms with Gasteiger partial charge in [-0.1, -0.05) is 39.0 Å². The summed E-state index contributed by atoms with van der Waals surface area (Å²) in [6.45, 7) is 8.21. The molecule has 1 rings (SSSR count). The highest BCUT2D eigenvalue weighted by Gasteiger charge is 1.87. The second-order valence-electron chi connectivity index (χ2n) is 2.43. The molecule has 0 aromatic carbocycles. The molecular formula is C12H18. The predicted octanol–water partition coefficient (Wildman–Crippen LogP) is 4.02. The van der Waals surface area contributed by atoms with Crippen molar-refractivity contribution in [3.63, 3.8) is 0 Å². The Morgan fingerprint density at radius 2 is 2.00 bits per heavy atom. The largest absolute Gasteiger partial charge is 0.117 e. The highest BCUT2D eigenvalue weighted by molar-refractivity contribution is 5.32. The van der Waals surface area contributed by atoms with Crippen LogP contribution in [0.3, 0.4) is 0 Å². The van der Waals surface area contributed by atoms with Gasteiger partial charge in [-0.15, -0.1) is 5.73 Å². The molecule has 0 aliphatic heterocycles.